The van der Waals surface area contributed by atoms with E-state index in [1.807, 2.05) is 13.0 Å². The first-order valence-corrected chi connectivity index (χ1v) is 6.76. The van der Waals surface area contributed by atoms with Gasteiger partial charge in [-0.15, -0.1) is 10.2 Å². The summed E-state index contributed by atoms with van der Waals surface area (Å²) >= 11 is 0. The van der Waals surface area contributed by atoms with Gasteiger partial charge in [0.2, 0.25) is 5.82 Å². The summed E-state index contributed by atoms with van der Waals surface area (Å²) in [6.45, 7) is 4.71. The van der Waals surface area contributed by atoms with Gasteiger partial charge in [-0.25, -0.2) is 0 Å². The highest BCUT2D eigenvalue weighted by atomic mass is 16.5. The van der Waals surface area contributed by atoms with Crippen LogP contribution in [-0.2, 0) is 16.0 Å². The minimum absolute atomic E-state index is 0.448. The summed E-state index contributed by atoms with van der Waals surface area (Å²) in [5.41, 5.74) is 0.771. The molecule has 0 aliphatic rings. The summed E-state index contributed by atoms with van der Waals surface area (Å²) < 4.78 is 15.8. The van der Waals surface area contributed by atoms with Gasteiger partial charge in [0.05, 0.1) is 32.6 Å². The zero-order chi connectivity index (χ0) is 14.9. The lowest BCUT2D eigenvalue weighted by Gasteiger charge is -2.07. The van der Waals surface area contributed by atoms with Crippen molar-refractivity contribution in [3.8, 4) is 17.1 Å². The van der Waals surface area contributed by atoms with E-state index in [1.165, 1.54) is 4.80 Å². The number of hydrogen-bond acceptors (Lipinski definition) is 7. The first-order valence-electron chi connectivity index (χ1n) is 6.76. The van der Waals surface area contributed by atoms with E-state index in [-0.39, 0.29) is 0 Å². The van der Waals surface area contributed by atoms with E-state index in [1.54, 1.807) is 19.5 Å². The summed E-state index contributed by atoms with van der Waals surface area (Å²) in [5.74, 6) is 1.18. The summed E-state index contributed by atoms with van der Waals surface area (Å²) in [7, 11) is 1.64. The van der Waals surface area contributed by atoms with E-state index in [0.717, 1.165) is 5.56 Å². The molecule has 8 heteroatoms. The molecule has 8 nitrogen and oxygen atoms in total. The van der Waals surface area contributed by atoms with Gasteiger partial charge in [-0.3, -0.25) is 4.98 Å². The van der Waals surface area contributed by atoms with Crippen molar-refractivity contribution >= 4 is 0 Å². The Morgan fingerprint density at radius 2 is 2.00 bits per heavy atom. The number of ether oxygens (including phenoxy) is 3. The lowest BCUT2D eigenvalue weighted by atomic mass is 10.2. The molecule has 0 atom stereocenters. The van der Waals surface area contributed by atoms with Gasteiger partial charge in [0.15, 0.2) is 0 Å². The fraction of sp³-hybridized carbons (Fsp3) is 0.538. The summed E-state index contributed by atoms with van der Waals surface area (Å²) in [4.78, 5) is 5.64. The fourth-order valence-electron chi connectivity index (χ4n) is 1.58. The molecule has 0 aliphatic carbocycles. The minimum atomic E-state index is 0.448. The SMILES string of the molecule is CCn1nnc(-c2cncc(OCCOCCOC)c2)n1. The Balaban J connectivity index is 1.86. The Labute approximate surface area is 123 Å². The number of nitrogens with zero attached hydrogens (tertiary/aromatic N) is 5. The molecule has 2 aromatic heterocycles. The highest BCUT2D eigenvalue weighted by Crippen LogP contribution is 2.18. The molecule has 0 amide bonds. The first-order chi connectivity index (χ1) is 10.3. The highest BCUT2D eigenvalue weighted by molar-refractivity contribution is 5.54. The summed E-state index contributed by atoms with van der Waals surface area (Å²) in [6, 6.07) is 1.83. The molecule has 21 heavy (non-hydrogen) atoms. The molecule has 0 unspecified atom stereocenters. The standard InChI is InChI=1S/C13H19N5O3/c1-3-18-16-13(15-17-18)11-8-12(10-14-9-11)21-7-6-20-5-4-19-2/h8-10H,3-7H2,1-2H3. The molecule has 0 saturated heterocycles. The monoisotopic (exact) mass is 293 g/mol. The van der Waals surface area contributed by atoms with E-state index in [0.29, 0.717) is 44.5 Å². The average molecular weight is 293 g/mol. The lowest BCUT2D eigenvalue weighted by Crippen LogP contribution is -2.10. The Morgan fingerprint density at radius 1 is 1.14 bits per heavy atom. The van der Waals surface area contributed by atoms with Crippen molar-refractivity contribution in [1.29, 1.82) is 0 Å². The van der Waals surface area contributed by atoms with Crippen LogP contribution < -0.4 is 4.74 Å². The number of tetrazole rings is 1. The zero-order valence-electron chi connectivity index (χ0n) is 12.2. The largest absolute Gasteiger partial charge is 0.490 e. The van der Waals surface area contributed by atoms with Gasteiger partial charge in [-0.1, -0.05) is 0 Å². The summed E-state index contributed by atoms with van der Waals surface area (Å²) in [6.07, 6.45) is 3.32. The molecular weight excluding hydrogens is 274 g/mol. The fourth-order valence-corrected chi connectivity index (χ4v) is 1.58. The van der Waals surface area contributed by atoms with E-state index >= 15 is 0 Å². The van der Waals surface area contributed by atoms with Crippen molar-refractivity contribution in [1.82, 2.24) is 25.2 Å². The molecule has 0 aromatic carbocycles. The molecule has 0 bridgehead atoms. The van der Waals surface area contributed by atoms with Gasteiger partial charge < -0.3 is 14.2 Å². The lowest BCUT2D eigenvalue weighted by molar-refractivity contribution is 0.0544. The minimum Gasteiger partial charge on any atom is -0.490 e. The second-order valence-electron chi connectivity index (χ2n) is 4.16. The van der Waals surface area contributed by atoms with Gasteiger partial charge in [0, 0.05) is 18.9 Å². The number of aryl methyl sites for hydroxylation is 1. The van der Waals surface area contributed by atoms with Crippen LogP contribution in [0.4, 0.5) is 0 Å². The molecule has 2 heterocycles. The molecule has 0 aliphatic heterocycles. The number of rotatable bonds is 9. The maximum Gasteiger partial charge on any atom is 0.206 e. The summed E-state index contributed by atoms with van der Waals surface area (Å²) in [5, 5.41) is 12.1. The van der Waals surface area contributed by atoms with Crippen LogP contribution in [0.2, 0.25) is 0 Å². The third kappa shape index (κ3) is 4.76. The third-order valence-electron chi connectivity index (χ3n) is 2.64. The molecule has 0 radical (unpaired) electrons. The molecule has 114 valence electrons. The first kappa shape index (κ1) is 15.3. The molecule has 0 spiro atoms. The Hall–Kier alpha value is -2.06. The van der Waals surface area contributed by atoms with Crippen molar-refractivity contribution in [2.75, 3.05) is 33.5 Å². The average Bonchev–Trinajstić information content (AvgIpc) is 3.00. The van der Waals surface area contributed by atoms with E-state index in [9.17, 15) is 0 Å². The number of pyridine rings is 1. The molecule has 2 aromatic rings. The quantitative estimate of drug-likeness (QED) is 0.632. The Bertz CT molecular complexity index is 546. The maximum atomic E-state index is 5.57. The van der Waals surface area contributed by atoms with Crippen LogP contribution in [0.3, 0.4) is 0 Å². The second kappa shape index (κ2) is 8.28. The van der Waals surface area contributed by atoms with E-state index in [2.05, 4.69) is 20.4 Å². The van der Waals surface area contributed by atoms with Crippen LogP contribution in [-0.4, -0.2) is 58.7 Å². The Morgan fingerprint density at radius 3 is 2.76 bits per heavy atom. The van der Waals surface area contributed by atoms with Gasteiger partial charge in [-0.05, 0) is 18.2 Å². The van der Waals surface area contributed by atoms with Gasteiger partial charge in [0.25, 0.3) is 0 Å². The smallest absolute Gasteiger partial charge is 0.206 e. The number of hydrogen-bond donors (Lipinski definition) is 0. The predicted octanol–water partition coefficient (Wildman–Crippen LogP) is 0.797. The van der Waals surface area contributed by atoms with Gasteiger partial charge in [0.1, 0.15) is 12.4 Å². The third-order valence-corrected chi connectivity index (χ3v) is 2.64. The van der Waals surface area contributed by atoms with Crippen molar-refractivity contribution in [3.63, 3.8) is 0 Å². The number of methoxy groups -OCH3 is 1. The van der Waals surface area contributed by atoms with E-state index < -0.39 is 0 Å². The van der Waals surface area contributed by atoms with Crippen molar-refractivity contribution in [2.24, 2.45) is 0 Å². The van der Waals surface area contributed by atoms with Crippen LogP contribution in [0.5, 0.6) is 5.75 Å². The molecule has 0 saturated carbocycles. The van der Waals surface area contributed by atoms with Gasteiger partial charge in [-0.2, -0.15) is 4.80 Å². The predicted molar refractivity (Wildman–Crippen MR) is 74.9 cm³/mol. The van der Waals surface area contributed by atoms with Crippen LogP contribution >= 0.6 is 0 Å². The zero-order valence-corrected chi connectivity index (χ0v) is 12.2. The van der Waals surface area contributed by atoms with E-state index in [4.69, 9.17) is 14.2 Å². The molecule has 2 rings (SSSR count). The van der Waals surface area contributed by atoms with Crippen molar-refractivity contribution in [2.45, 2.75) is 13.5 Å². The van der Waals surface area contributed by atoms with Crippen LogP contribution in [0.15, 0.2) is 18.5 Å². The molecule has 0 fully saturated rings. The van der Waals surface area contributed by atoms with Crippen LogP contribution in [0.1, 0.15) is 6.92 Å². The normalized spacial score (nSPS) is 10.8. The van der Waals surface area contributed by atoms with Crippen LogP contribution in [0.25, 0.3) is 11.4 Å². The maximum absolute atomic E-state index is 5.57. The molecular formula is C13H19N5O3. The molecule has 0 N–H and O–H groups in total. The highest BCUT2D eigenvalue weighted by Gasteiger charge is 2.07. The van der Waals surface area contributed by atoms with Gasteiger partial charge >= 0.3 is 0 Å². The van der Waals surface area contributed by atoms with Crippen LogP contribution in [0, 0.1) is 0 Å². The topological polar surface area (TPSA) is 84.2 Å². The van der Waals surface area contributed by atoms with Crippen molar-refractivity contribution in [3.05, 3.63) is 18.5 Å². The van der Waals surface area contributed by atoms with Crippen molar-refractivity contribution < 1.29 is 14.2 Å². The Kier molecular flexibility index (Phi) is 6.04. The second-order valence-corrected chi connectivity index (χ2v) is 4.16. The number of aromatic nitrogens is 5.